The molecular weight excluding hydrogens is 304 g/mol. The molecule has 0 aliphatic heterocycles. The average Bonchev–Trinajstić information content (AvgIpc) is 3.09. The molecule has 24 heavy (non-hydrogen) atoms. The highest BCUT2D eigenvalue weighted by Gasteiger charge is 2.18. The monoisotopic (exact) mass is 322 g/mol. The van der Waals surface area contributed by atoms with Crippen LogP contribution in [0, 0.1) is 6.92 Å². The number of aryl methyl sites for hydroxylation is 1. The van der Waals surface area contributed by atoms with E-state index >= 15 is 0 Å². The first-order valence-electron chi connectivity index (χ1n) is 7.59. The summed E-state index contributed by atoms with van der Waals surface area (Å²) in [4.78, 5) is 16.6. The summed E-state index contributed by atoms with van der Waals surface area (Å²) in [6.45, 7) is 2.34. The third-order valence-corrected chi connectivity index (χ3v) is 3.69. The molecule has 5 nitrogen and oxygen atoms in total. The second-order valence-corrected chi connectivity index (χ2v) is 5.39. The number of para-hydroxylation sites is 1. The lowest BCUT2D eigenvalue weighted by Gasteiger charge is -2.09. The van der Waals surface area contributed by atoms with Crippen molar-refractivity contribution in [2.24, 2.45) is 0 Å². The quantitative estimate of drug-likeness (QED) is 0.779. The molecule has 0 aliphatic carbocycles. The number of amides is 1. The smallest absolute Gasteiger partial charge is 0.274 e. The Morgan fingerprint density at radius 3 is 2.83 bits per heavy atom. The highest BCUT2D eigenvalue weighted by Crippen LogP contribution is 2.24. The van der Waals surface area contributed by atoms with E-state index < -0.39 is 0 Å². The summed E-state index contributed by atoms with van der Waals surface area (Å²) in [7, 11) is 1.61. The largest absolute Gasteiger partial charge is 0.496 e. The molecule has 0 spiro atoms. The van der Waals surface area contributed by atoms with E-state index in [1.54, 1.807) is 7.11 Å². The first-order chi connectivity index (χ1) is 11.7. The third-order valence-electron chi connectivity index (χ3n) is 3.69. The Labute approximate surface area is 140 Å². The lowest BCUT2D eigenvalue weighted by atomic mass is 10.1. The Hall–Kier alpha value is -3.08. The van der Waals surface area contributed by atoms with Crippen LogP contribution in [-0.2, 0) is 6.54 Å². The van der Waals surface area contributed by atoms with Gasteiger partial charge in [-0.15, -0.1) is 0 Å². The fourth-order valence-electron chi connectivity index (χ4n) is 2.51. The third kappa shape index (κ3) is 3.30. The van der Waals surface area contributed by atoms with Gasteiger partial charge in [0.2, 0.25) is 0 Å². The minimum Gasteiger partial charge on any atom is -0.496 e. The molecule has 0 aliphatic rings. The minimum atomic E-state index is -0.286. The molecule has 2 aromatic carbocycles. The summed E-state index contributed by atoms with van der Waals surface area (Å²) in [5.74, 6) is 0.916. The molecule has 0 fully saturated rings. The molecule has 1 heterocycles. The van der Waals surface area contributed by atoms with E-state index in [0.717, 1.165) is 22.4 Å². The lowest BCUT2D eigenvalue weighted by Crippen LogP contribution is -2.24. The van der Waals surface area contributed by atoms with Gasteiger partial charge in [-0.05, 0) is 19.1 Å². The van der Waals surface area contributed by atoms with Crippen LogP contribution in [0.3, 0.4) is 0 Å². The van der Waals surface area contributed by atoms with Crippen molar-refractivity contribution in [2.45, 2.75) is 13.5 Å². The van der Waals surface area contributed by atoms with Crippen LogP contribution in [0.25, 0.3) is 11.3 Å². The molecular formula is C19H18N2O3. The maximum Gasteiger partial charge on any atom is 0.274 e. The molecule has 122 valence electrons. The molecule has 1 N–H and O–H groups in total. The zero-order valence-electron chi connectivity index (χ0n) is 13.6. The fourth-order valence-corrected chi connectivity index (χ4v) is 2.51. The van der Waals surface area contributed by atoms with Crippen LogP contribution in [0.1, 0.15) is 21.6 Å². The normalized spacial score (nSPS) is 10.4. The Balaban J connectivity index is 1.78. The molecule has 0 saturated heterocycles. The van der Waals surface area contributed by atoms with Gasteiger partial charge >= 0.3 is 0 Å². The van der Waals surface area contributed by atoms with Gasteiger partial charge in [0.1, 0.15) is 5.75 Å². The number of methoxy groups -OCH3 is 1. The maximum atomic E-state index is 12.5. The molecule has 0 unspecified atom stereocenters. The molecule has 0 atom stereocenters. The van der Waals surface area contributed by atoms with Crippen molar-refractivity contribution >= 4 is 5.91 Å². The number of ether oxygens (including phenoxy) is 1. The van der Waals surface area contributed by atoms with E-state index in [-0.39, 0.29) is 11.6 Å². The Morgan fingerprint density at radius 1 is 1.21 bits per heavy atom. The fraction of sp³-hybridized carbons (Fsp3) is 0.158. The van der Waals surface area contributed by atoms with Crippen molar-refractivity contribution in [3.05, 3.63) is 71.7 Å². The van der Waals surface area contributed by atoms with E-state index in [0.29, 0.717) is 12.3 Å². The second-order valence-electron chi connectivity index (χ2n) is 5.39. The van der Waals surface area contributed by atoms with Crippen LogP contribution < -0.4 is 10.1 Å². The van der Waals surface area contributed by atoms with Crippen molar-refractivity contribution in [1.82, 2.24) is 10.3 Å². The Morgan fingerprint density at radius 2 is 2.04 bits per heavy atom. The van der Waals surface area contributed by atoms with Gasteiger partial charge < -0.3 is 14.5 Å². The molecule has 1 amide bonds. The molecule has 3 aromatic rings. The number of benzene rings is 2. The number of hydrogen-bond donors (Lipinski definition) is 1. The van der Waals surface area contributed by atoms with Crippen molar-refractivity contribution < 1.29 is 13.9 Å². The maximum absolute atomic E-state index is 12.5. The van der Waals surface area contributed by atoms with Gasteiger partial charge in [-0.3, -0.25) is 4.79 Å². The average molecular weight is 322 g/mol. The molecule has 3 rings (SSSR count). The zero-order valence-corrected chi connectivity index (χ0v) is 13.6. The summed E-state index contributed by atoms with van der Waals surface area (Å²) in [6.07, 6.45) is 1.29. The molecule has 0 radical (unpaired) electrons. The molecule has 5 heteroatoms. The van der Waals surface area contributed by atoms with Gasteiger partial charge in [0, 0.05) is 17.7 Å². The van der Waals surface area contributed by atoms with Gasteiger partial charge in [0.25, 0.3) is 5.91 Å². The Bertz CT molecular complexity index is 855. The van der Waals surface area contributed by atoms with Crippen molar-refractivity contribution in [1.29, 1.82) is 0 Å². The van der Waals surface area contributed by atoms with Gasteiger partial charge in [-0.2, -0.15) is 0 Å². The molecule has 0 bridgehead atoms. The number of carbonyl (C=O) groups is 1. The topological polar surface area (TPSA) is 64.4 Å². The highest BCUT2D eigenvalue weighted by molar-refractivity contribution is 5.97. The predicted molar refractivity (Wildman–Crippen MR) is 90.8 cm³/mol. The minimum absolute atomic E-state index is 0.274. The zero-order chi connectivity index (χ0) is 16.9. The highest BCUT2D eigenvalue weighted by atomic mass is 16.5. The second kappa shape index (κ2) is 7.00. The lowest BCUT2D eigenvalue weighted by molar-refractivity contribution is 0.0946. The van der Waals surface area contributed by atoms with E-state index in [1.165, 1.54) is 6.39 Å². The molecule has 0 saturated carbocycles. The van der Waals surface area contributed by atoms with Gasteiger partial charge in [0.05, 0.1) is 7.11 Å². The van der Waals surface area contributed by atoms with Crippen molar-refractivity contribution in [3.63, 3.8) is 0 Å². The number of rotatable bonds is 5. The van der Waals surface area contributed by atoms with Gasteiger partial charge in [-0.1, -0.05) is 42.0 Å². The van der Waals surface area contributed by atoms with Crippen molar-refractivity contribution in [2.75, 3.05) is 7.11 Å². The molecule has 1 aromatic heterocycles. The SMILES string of the molecule is COc1ccccc1CNC(=O)c1ncoc1-c1cccc(C)c1. The van der Waals surface area contributed by atoms with Gasteiger partial charge in [-0.25, -0.2) is 4.98 Å². The number of hydrogen-bond acceptors (Lipinski definition) is 4. The number of oxazole rings is 1. The van der Waals surface area contributed by atoms with E-state index in [4.69, 9.17) is 9.15 Å². The first kappa shape index (κ1) is 15.8. The predicted octanol–water partition coefficient (Wildman–Crippen LogP) is 3.59. The standard InChI is InChI=1S/C19H18N2O3/c1-13-6-5-8-14(10-13)18-17(21-12-24-18)19(22)20-11-15-7-3-4-9-16(15)23-2/h3-10,12H,11H2,1-2H3,(H,20,22). The van der Waals surface area contributed by atoms with Crippen molar-refractivity contribution in [3.8, 4) is 17.1 Å². The number of aromatic nitrogens is 1. The van der Waals surface area contributed by atoms with Crippen LogP contribution in [0.4, 0.5) is 0 Å². The Kier molecular flexibility index (Phi) is 4.61. The summed E-state index contributed by atoms with van der Waals surface area (Å²) < 4.78 is 10.7. The van der Waals surface area contributed by atoms with E-state index in [1.807, 2.05) is 55.5 Å². The number of nitrogens with one attached hydrogen (secondary N) is 1. The van der Waals surface area contributed by atoms with Crippen LogP contribution in [0.5, 0.6) is 5.75 Å². The summed E-state index contributed by atoms with van der Waals surface area (Å²) >= 11 is 0. The summed E-state index contributed by atoms with van der Waals surface area (Å²) in [6, 6.07) is 15.3. The van der Waals surface area contributed by atoms with Crippen LogP contribution in [-0.4, -0.2) is 18.0 Å². The van der Waals surface area contributed by atoms with Crippen LogP contribution in [0.15, 0.2) is 59.3 Å². The summed E-state index contributed by atoms with van der Waals surface area (Å²) in [5.41, 5.74) is 3.09. The van der Waals surface area contributed by atoms with Crippen LogP contribution >= 0.6 is 0 Å². The number of carbonyl (C=O) groups excluding carboxylic acids is 1. The number of nitrogens with zero attached hydrogens (tertiary/aromatic N) is 1. The van der Waals surface area contributed by atoms with E-state index in [2.05, 4.69) is 10.3 Å². The summed E-state index contributed by atoms with van der Waals surface area (Å²) in [5, 5.41) is 2.86. The van der Waals surface area contributed by atoms with Gasteiger partial charge in [0.15, 0.2) is 17.8 Å². The first-order valence-corrected chi connectivity index (χ1v) is 7.59. The van der Waals surface area contributed by atoms with E-state index in [9.17, 15) is 4.79 Å². The van der Waals surface area contributed by atoms with Crippen LogP contribution in [0.2, 0.25) is 0 Å².